The molecule has 0 bridgehead atoms. The summed E-state index contributed by atoms with van der Waals surface area (Å²) in [5.74, 6) is 0.492. The lowest BCUT2D eigenvalue weighted by Crippen LogP contribution is -2.37. The summed E-state index contributed by atoms with van der Waals surface area (Å²) in [7, 11) is 0. The van der Waals surface area contributed by atoms with Crippen LogP contribution in [0.5, 0.6) is 5.75 Å². The molecule has 0 heterocycles. The molecule has 0 atom stereocenters. The molecule has 1 N–H and O–H groups in total. The van der Waals surface area contributed by atoms with Crippen molar-refractivity contribution in [3.63, 3.8) is 0 Å². The Morgan fingerprint density at radius 1 is 0.786 bits per heavy atom. The number of nitrogens with one attached hydrogen (secondary N) is 1. The standard InChI is InChI=1S/C36H38N2O4/c1-36(2,3)42-35(40)38(23-22-29-14-8-5-9-15-29)26-30-16-11-19-33(25-30)41-27-31-17-10-18-32(24-31)37-34(39)21-20-28-12-6-4-7-13-28/h4-21,24-25H,22-23,26-27H2,1-3H3,(H,37,39)/b21-20+. The van der Waals surface area contributed by atoms with Crippen LogP contribution < -0.4 is 10.1 Å². The van der Waals surface area contributed by atoms with E-state index < -0.39 is 5.60 Å². The Bertz CT molecular complexity index is 1480. The zero-order valence-corrected chi connectivity index (χ0v) is 24.5. The van der Waals surface area contributed by atoms with Crippen molar-refractivity contribution in [2.75, 3.05) is 11.9 Å². The van der Waals surface area contributed by atoms with Gasteiger partial charge in [0.25, 0.3) is 0 Å². The number of benzene rings is 4. The van der Waals surface area contributed by atoms with Gasteiger partial charge in [-0.05, 0) is 79.8 Å². The molecule has 0 aromatic heterocycles. The zero-order valence-electron chi connectivity index (χ0n) is 24.5. The van der Waals surface area contributed by atoms with E-state index in [9.17, 15) is 9.59 Å². The lowest BCUT2D eigenvalue weighted by atomic mass is 10.1. The Balaban J connectivity index is 1.36. The van der Waals surface area contributed by atoms with E-state index in [1.165, 1.54) is 6.08 Å². The van der Waals surface area contributed by atoms with Crippen molar-refractivity contribution in [3.8, 4) is 5.75 Å². The van der Waals surface area contributed by atoms with Crippen LogP contribution >= 0.6 is 0 Å². The predicted octanol–water partition coefficient (Wildman–Crippen LogP) is 7.90. The Morgan fingerprint density at radius 2 is 1.45 bits per heavy atom. The van der Waals surface area contributed by atoms with Gasteiger partial charge in [-0.2, -0.15) is 0 Å². The number of anilines is 1. The van der Waals surface area contributed by atoms with Gasteiger partial charge >= 0.3 is 6.09 Å². The SMILES string of the molecule is CC(C)(C)OC(=O)N(CCc1ccccc1)Cc1cccc(OCc2cccc(NC(=O)/C=C/c3ccccc3)c2)c1. The third-order valence-electron chi connectivity index (χ3n) is 6.26. The second kappa shape index (κ2) is 14.7. The zero-order chi connectivity index (χ0) is 29.8. The first-order valence-electron chi connectivity index (χ1n) is 14.1. The van der Waals surface area contributed by atoms with E-state index in [1.807, 2.05) is 118 Å². The summed E-state index contributed by atoms with van der Waals surface area (Å²) in [4.78, 5) is 27.2. The van der Waals surface area contributed by atoms with Crippen molar-refractivity contribution in [3.05, 3.63) is 138 Å². The third kappa shape index (κ3) is 10.3. The van der Waals surface area contributed by atoms with Crippen LogP contribution in [0.15, 0.2) is 115 Å². The number of hydrogen-bond acceptors (Lipinski definition) is 4. The molecule has 0 aliphatic heterocycles. The number of nitrogens with zero attached hydrogens (tertiary/aromatic N) is 1. The van der Waals surface area contributed by atoms with E-state index in [0.29, 0.717) is 31.1 Å². The van der Waals surface area contributed by atoms with Crippen LogP contribution in [0.3, 0.4) is 0 Å². The highest BCUT2D eigenvalue weighted by molar-refractivity contribution is 6.01. The van der Waals surface area contributed by atoms with Gasteiger partial charge in [-0.3, -0.25) is 4.79 Å². The van der Waals surface area contributed by atoms with Gasteiger partial charge in [0.2, 0.25) is 5.91 Å². The highest BCUT2D eigenvalue weighted by atomic mass is 16.6. The van der Waals surface area contributed by atoms with Gasteiger partial charge in [-0.1, -0.05) is 84.9 Å². The number of hydrogen-bond donors (Lipinski definition) is 1. The minimum absolute atomic E-state index is 0.202. The van der Waals surface area contributed by atoms with E-state index in [4.69, 9.17) is 9.47 Å². The molecule has 4 aromatic rings. The first-order valence-corrected chi connectivity index (χ1v) is 14.1. The molecule has 0 spiro atoms. The molecular weight excluding hydrogens is 524 g/mol. The largest absolute Gasteiger partial charge is 0.489 e. The van der Waals surface area contributed by atoms with Gasteiger partial charge in [0.1, 0.15) is 18.0 Å². The summed E-state index contributed by atoms with van der Waals surface area (Å²) in [5, 5.41) is 2.90. The summed E-state index contributed by atoms with van der Waals surface area (Å²) in [6.45, 7) is 6.88. The summed E-state index contributed by atoms with van der Waals surface area (Å²) in [6, 6.07) is 35.1. The molecule has 0 saturated heterocycles. The second-order valence-corrected chi connectivity index (χ2v) is 11.0. The van der Waals surface area contributed by atoms with Gasteiger partial charge in [0.05, 0.1) is 0 Å². The van der Waals surface area contributed by atoms with Gasteiger partial charge in [0, 0.05) is 24.9 Å². The summed E-state index contributed by atoms with van der Waals surface area (Å²) < 4.78 is 11.8. The van der Waals surface area contributed by atoms with E-state index in [-0.39, 0.29) is 12.0 Å². The van der Waals surface area contributed by atoms with Gasteiger partial charge in [0.15, 0.2) is 0 Å². The van der Waals surface area contributed by atoms with Gasteiger partial charge in [-0.15, -0.1) is 0 Å². The van der Waals surface area contributed by atoms with Crippen LogP contribution in [0.25, 0.3) is 6.08 Å². The molecule has 4 aromatic carbocycles. The monoisotopic (exact) mass is 562 g/mol. The number of amides is 2. The number of rotatable bonds is 11. The van der Waals surface area contributed by atoms with Crippen molar-refractivity contribution in [1.82, 2.24) is 4.90 Å². The highest BCUT2D eigenvalue weighted by Crippen LogP contribution is 2.20. The lowest BCUT2D eigenvalue weighted by molar-refractivity contribution is -0.111. The molecular formula is C36H38N2O4. The smallest absolute Gasteiger partial charge is 0.410 e. The van der Waals surface area contributed by atoms with Crippen molar-refractivity contribution >= 4 is 23.8 Å². The summed E-state index contributed by atoms with van der Waals surface area (Å²) >= 11 is 0. The van der Waals surface area contributed by atoms with Crippen molar-refractivity contribution in [2.45, 2.75) is 45.9 Å². The third-order valence-corrected chi connectivity index (χ3v) is 6.26. The van der Waals surface area contributed by atoms with Gasteiger partial charge in [-0.25, -0.2) is 4.79 Å². The quantitative estimate of drug-likeness (QED) is 0.189. The Morgan fingerprint density at radius 3 is 2.19 bits per heavy atom. The molecule has 216 valence electrons. The molecule has 2 amide bonds. The molecule has 0 fully saturated rings. The van der Waals surface area contributed by atoms with Gasteiger partial charge < -0.3 is 19.7 Å². The summed E-state index contributed by atoms with van der Waals surface area (Å²) in [5.41, 5.74) is 4.09. The van der Waals surface area contributed by atoms with Crippen LogP contribution in [-0.4, -0.2) is 29.0 Å². The number of carbonyl (C=O) groups is 2. The first-order chi connectivity index (χ1) is 20.2. The number of ether oxygens (including phenoxy) is 2. The fourth-order valence-corrected chi connectivity index (χ4v) is 4.25. The fourth-order valence-electron chi connectivity index (χ4n) is 4.25. The van der Waals surface area contributed by atoms with Crippen LogP contribution in [0.1, 0.15) is 43.0 Å². The minimum Gasteiger partial charge on any atom is -0.489 e. The van der Waals surface area contributed by atoms with Crippen molar-refractivity contribution in [2.24, 2.45) is 0 Å². The maximum Gasteiger partial charge on any atom is 0.410 e. The van der Waals surface area contributed by atoms with Crippen LogP contribution in [0.2, 0.25) is 0 Å². The van der Waals surface area contributed by atoms with E-state index in [0.717, 1.165) is 28.7 Å². The fraction of sp³-hybridized carbons (Fsp3) is 0.222. The Labute approximate surface area is 248 Å². The molecule has 0 aliphatic carbocycles. The van der Waals surface area contributed by atoms with Crippen molar-refractivity contribution < 1.29 is 19.1 Å². The second-order valence-electron chi connectivity index (χ2n) is 11.0. The molecule has 4 rings (SSSR count). The molecule has 0 aliphatic rings. The molecule has 0 radical (unpaired) electrons. The van der Waals surface area contributed by atoms with Crippen LogP contribution in [0, 0.1) is 0 Å². The number of carbonyl (C=O) groups excluding carboxylic acids is 2. The molecule has 42 heavy (non-hydrogen) atoms. The Kier molecular flexibility index (Phi) is 10.5. The highest BCUT2D eigenvalue weighted by Gasteiger charge is 2.22. The molecule has 0 saturated carbocycles. The molecule has 6 nitrogen and oxygen atoms in total. The van der Waals surface area contributed by atoms with E-state index >= 15 is 0 Å². The van der Waals surface area contributed by atoms with Crippen LogP contribution in [0.4, 0.5) is 10.5 Å². The lowest BCUT2D eigenvalue weighted by Gasteiger charge is -2.27. The van der Waals surface area contributed by atoms with E-state index in [2.05, 4.69) is 17.4 Å². The average molecular weight is 563 g/mol. The Hall–Kier alpha value is -4.84. The average Bonchev–Trinajstić information content (AvgIpc) is 2.98. The first kappa shape index (κ1) is 30.1. The molecule has 6 heteroatoms. The maximum atomic E-state index is 13.0. The predicted molar refractivity (Wildman–Crippen MR) is 168 cm³/mol. The topological polar surface area (TPSA) is 67.9 Å². The normalized spacial score (nSPS) is 11.2. The summed E-state index contributed by atoms with van der Waals surface area (Å²) in [6.07, 6.45) is 3.68. The van der Waals surface area contributed by atoms with Crippen LogP contribution in [-0.2, 0) is 29.1 Å². The molecule has 0 unspecified atom stereocenters. The van der Waals surface area contributed by atoms with E-state index in [1.54, 1.807) is 11.0 Å². The van der Waals surface area contributed by atoms with Crippen molar-refractivity contribution in [1.29, 1.82) is 0 Å². The maximum absolute atomic E-state index is 13.0. The minimum atomic E-state index is -0.584.